The number of H-pyrrole nitrogens is 1. The van der Waals surface area contributed by atoms with Crippen molar-refractivity contribution >= 4 is 17.7 Å². The molecule has 3 rings (SSSR count). The van der Waals surface area contributed by atoms with Gasteiger partial charge >= 0.3 is 0 Å². The highest BCUT2D eigenvalue weighted by Crippen LogP contribution is 2.33. The van der Waals surface area contributed by atoms with Crippen LogP contribution in [-0.4, -0.2) is 45.5 Å². The Kier molecular flexibility index (Phi) is 5.00. The lowest BCUT2D eigenvalue weighted by Gasteiger charge is -2.30. The summed E-state index contributed by atoms with van der Waals surface area (Å²) in [5.74, 6) is 2.80. The molecule has 122 valence electrons. The number of nitrogens with zero attached hydrogens (tertiary/aromatic N) is 2. The molecule has 0 aromatic carbocycles. The topological polar surface area (TPSA) is 94.7 Å². The molecule has 4 N–H and O–H groups in total. The molecule has 1 aliphatic heterocycles. The van der Waals surface area contributed by atoms with E-state index in [9.17, 15) is 4.79 Å². The molecule has 8 heteroatoms. The fourth-order valence-corrected chi connectivity index (χ4v) is 4.05. The largest absolute Gasteiger partial charge is 0.354 e. The van der Waals surface area contributed by atoms with Crippen LogP contribution in [0.4, 0.5) is 0 Å². The number of aryl methyl sites for hydroxylation is 1. The standard InChI is InChI=1S/C14H24N6OS/c1-8-3-4-11-10(7-8)12(19-18-11)13(21)15-5-6-22-14-16-9(2)17-20-14/h8,10-12,18-19H,3-7H2,1-2H3,(H,15,21)(H,16,17,20). The molecule has 1 saturated heterocycles. The average molecular weight is 324 g/mol. The Morgan fingerprint density at radius 1 is 1.41 bits per heavy atom. The number of carbonyl (C=O) groups is 1. The van der Waals surface area contributed by atoms with E-state index >= 15 is 0 Å². The number of hydrogen-bond acceptors (Lipinski definition) is 6. The molecular formula is C14H24N6OS. The van der Waals surface area contributed by atoms with E-state index in [4.69, 9.17) is 0 Å². The molecule has 0 spiro atoms. The summed E-state index contributed by atoms with van der Waals surface area (Å²) in [6, 6.07) is 0.334. The molecule has 1 aromatic rings. The van der Waals surface area contributed by atoms with Crippen LogP contribution < -0.4 is 16.2 Å². The fourth-order valence-electron chi connectivity index (χ4n) is 3.35. The Labute approximate surface area is 134 Å². The molecule has 1 saturated carbocycles. The predicted molar refractivity (Wildman–Crippen MR) is 85.2 cm³/mol. The van der Waals surface area contributed by atoms with Gasteiger partial charge < -0.3 is 5.32 Å². The molecule has 22 heavy (non-hydrogen) atoms. The molecule has 0 radical (unpaired) electrons. The Morgan fingerprint density at radius 3 is 3.05 bits per heavy atom. The third-order valence-corrected chi connectivity index (χ3v) is 5.35. The zero-order chi connectivity index (χ0) is 15.5. The van der Waals surface area contributed by atoms with Gasteiger partial charge in [-0.05, 0) is 32.1 Å². The Hall–Kier alpha value is -1.12. The summed E-state index contributed by atoms with van der Waals surface area (Å²) < 4.78 is 0. The zero-order valence-corrected chi connectivity index (χ0v) is 13.9. The van der Waals surface area contributed by atoms with Crippen LogP contribution in [0.2, 0.25) is 0 Å². The second kappa shape index (κ2) is 6.97. The second-order valence-electron chi connectivity index (χ2n) is 6.30. The fraction of sp³-hybridized carbons (Fsp3) is 0.786. The summed E-state index contributed by atoms with van der Waals surface area (Å²) in [6.45, 7) is 4.78. The van der Waals surface area contributed by atoms with Gasteiger partial charge in [0.1, 0.15) is 11.9 Å². The number of aromatic nitrogens is 3. The van der Waals surface area contributed by atoms with Crippen molar-refractivity contribution in [3.8, 4) is 0 Å². The lowest BCUT2D eigenvalue weighted by molar-refractivity contribution is -0.123. The lowest BCUT2D eigenvalue weighted by atomic mass is 9.76. The first-order chi connectivity index (χ1) is 10.6. The first-order valence-corrected chi connectivity index (χ1v) is 8.92. The van der Waals surface area contributed by atoms with Crippen molar-refractivity contribution in [2.75, 3.05) is 12.3 Å². The number of hydrogen-bond donors (Lipinski definition) is 4. The number of rotatable bonds is 5. The summed E-state index contributed by atoms with van der Waals surface area (Å²) in [7, 11) is 0. The highest BCUT2D eigenvalue weighted by Gasteiger charge is 2.42. The van der Waals surface area contributed by atoms with Crippen molar-refractivity contribution in [1.82, 2.24) is 31.3 Å². The van der Waals surface area contributed by atoms with Crippen LogP contribution in [0.3, 0.4) is 0 Å². The van der Waals surface area contributed by atoms with Crippen LogP contribution in [0.15, 0.2) is 5.16 Å². The third-order valence-electron chi connectivity index (χ3n) is 4.51. The van der Waals surface area contributed by atoms with E-state index < -0.39 is 0 Å². The van der Waals surface area contributed by atoms with Crippen molar-refractivity contribution < 1.29 is 4.79 Å². The minimum atomic E-state index is -0.108. The number of fused-ring (bicyclic) bond motifs is 1. The van der Waals surface area contributed by atoms with Crippen LogP contribution in [0.25, 0.3) is 0 Å². The van der Waals surface area contributed by atoms with Crippen molar-refractivity contribution in [3.05, 3.63) is 5.82 Å². The van der Waals surface area contributed by atoms with Gasteiger partial charge in [0.25, 0.3) is 0 Å². The molecule has 1 aliphatic carbocycles. The molecule has 2 heterocycles. The van der Waals surface area contributed by atoms with Crippen LogP contribution in [0.5, 0.6) is 0 Å². The maximum Gasteiger partial charge on any atom is 0.238 e. The first-order valence-electron chi connectivity index (χ1n) is 7.94. The summed E-state index contributed by atoms with van der Waals surface area (Å²) >= 11 is 1.54. The lowest BCUT2D eigenvalue weighted by Crippen LogP contribution is -2.46. The molecule has 1 amide bonds. The van der Waals surface area contributed by atoms with E-state index in [0.717, 1.165) is 29.6 Å². The molecular weight excluding hydrogens is 300 g/mol. The molecule has 4 atom stereocenters. The predicted octanol–water partition coefficient (Wildman–Crippen LogP) is 0.603. The summed E-state index contributed by atoms with van der Waals surface area (Å²) in [5, 5.41) is 10.6. The average Bonchev–Trinajstić information content (AvgIpc) is 3.09. The highest BCUT2D eigenvalue weighted by molar-refractivity contribution is 7.99. The number of aromatic amines is 1. The van der Waals surface area contributed by atoms with Gasteiger partial charge in [0.2, 0.25) is 11.1 Å². The van der Waals surface area contributed by atoms with Gasteiger partial charge in [0.15, 0.2) is 0 Å². The summed E-state index contributed by atoms with van der Waals surface area (Å²) in [5.41, 5.74) is 6.47. The van der Waals surface area contributed by atoms with Gasteiger partial charge in [-0.3, -0.25) is 15.3 Å². The number of nitrogens with one attached hydrogen (secondary N) is 4. The Bertz CT molecular complexity index is 521. The van der Waals surface area contributed by atoms with Gasteiger partial charge in [0.05, 0.1) is 0 Å². The summed E-state index contributed by atoms with van der Waals surface area (Å²) in [6.07, 6.45) is 3.52. The normalized spacial score (nSPS) is 31.0. The molecule has 1 aromatic heterocycles. The minimum absolute atomic E-state index is 0.0980. The first kappa shape index (κ1) is 15.8. The third kappa shape index (κ3) is 3.61. The van der Waals surface area contributed by atoms with Crippen molar-refractivity contribution in [2.24, 2.45) is 11.8 Å². The van der Waals surface area contributed by atoms with Crippen LogP contribution >= 0.6 is 11.8 Å². The maximum absolute atomic E-state index is 12.4. The minimum Gasteiger partial charge on any atom is -0.354 e. The molecule has 7 nitrogen and oxygen atoms in total. The Balaban J connectivity index is 1.42. The smallest absolute Gasteiger partial charge is 0.238 e. The molecule has 2 aliphatic rings. The van der Waals surface area contributed by atoms with E-state index in [0.29, 0.717) is 24.4 Å². The zero-order valence-electron chi connectivity index (χ0n) is 13.1. The van der Waals surface area contributed by atoms with E-state index in [1.165, 1.54) is 6.42 Å². The van der Waals surface area contributed by atoms with Crippen LogP contribution in [0, 0.1) is 18.8 Å². The molecule has 2 fully saturated rings. The Morgan fingerprint density at radius 2 is 2.27 bits per heavy atom. The van der Waals surface area contributed by atoms with Gasteiger partial charge in [-0.25, -0.2) is 10.4 Å². The van der Waals surface area contributed by atoms with Crippen molar-refractivity contribution in [2.45, 2.75) is 50.4 Å². The van der Waals surface area contributed by atoms with Crippen LogP contribution in [-0.2, 0) is 4.79 Å². The number of hydrazine groups is 1. The second-order valence-corrected chi connectivity index (χ2v) is 7.36. The number of amides is 1. The number of carbonyl (C=O) groups excluding carboxylic acids is 1. The van der Waals surface area contributed by atoms with E-state index in [1.54, 1.807) is 11.8 Å². The highest BCUT2D eigenvalue weighted by atomic mass is 32.2. The molecule has 4 unspecified atom stereocenters. The monoisotopic (exact) mass is 324 g/mol. The van der Waals surface area contributed by atoms with Crippen LogP contribution in [0.1, 0.15) is 32.0 Å². The van der Waals surface area contributed by atoms with Gasteiger partial charge in [-0.1, -0.05) is 18.7 Å². The van der Waals surface area contributed by atoms with E-state index in [2.05, 4.69) is 38.3 Å². The van der Waals surface area contributed by atoms with E-state index in [1.807, 2.05) is 6.92 Å². The summed E-state index contributed by atoms with van der Waals surface area (Å²) in [4.78, 5) is 16.6. The van der Waals surface area contributed by atoms with Gasteiger partial charge in [-0.15, -0.1) is 5.10 Å². The van der Waals surface area contributed by atoms with Crippen molar-refractivity contribution in [3.63, 3.8) is 0 Å². The van der Waals surface area contributed by atoms with Gasteiger partial charge in [-0.2, -0.15) is 0 Å². The van der Waals surface area contributed by atoms with Gasteiger partial charge in [0, 0.05) is 24.3 Å². The number of thioether (sulfide) groups is 1. The SMILES string of the molecule is Cc1nc(SCCNC(=O)C2NNC3CCC(C)CC32)n[nH]1. The van der Waals surface area contributed by atoms with Crippen molar-refractivity contribution in [1.29, 1.82) is 0 Å². The quantitative estimate of drug-likeness (QED) is 0.468. The molecule has 0 bridgehead atoms. The van der Waals surface area contributed by atoms with E-state index in [-0.39, 0.29) is 11.9 Å². The maximum atomic E-state index is 12.4.